The molecule has 0 fully saturated rings. The Hall–Kier alpha value is -4.41. The molecule has 0 aliphatic heterocycles. The van der Waals surface area contributed by atoms with Crippen molar-refractivity contribution >= 4 is 16.9 Å². The molecule has 0 spiro atoms. The first kappa shape index (κ1) is 24.3. The zero-order valence-corrected chi connectivity index (χ0v) is 20.4. The van der Waals surface area contributed by atoms with Crippen LogP contribution in [0.5, 0.6) is 0 Å². The molecule has 0 saturated carbocycles. The van der Waals surface area contributed by atoms with Crippen molar-refractivity contribution in [3.05, 3.63) is 90.3 Å². The largest absolute Gasteiger partial charge is 0.372 e. The van der Waals surface area contributed by atoms with Gasteiger partial charge in [0.25, 0.3) is 5.91 Å². The zero-order chi connectivity index (χ0) is 26.2. The number of primary amides is 1. The number of nitrogens with zero attached hydrogens (tertiary/aromatic N) is 5. The van der Waals surface area contributed by atoms with E-state index in [1.54, 1.807) is 30.5 Å². The van der Waals surface area contributed by atoms with Gasteiger partial charge in [0.05, 0.1) is 24.1 Å². The zero-order valence-electron chi connectivity index (χ0n) is 20.4. The summed E-state index contributed by atoms with van der Waals surface area (Å²) in [7, 11) is 4.02. The Kier molecular flexibility index (Phi) is 6.28. The molecule has 2 aromatic carbocycles. The van der Waals surface area contributed by atoms with E-state index in [1.807, 2.05) is 31.0 Å². The van der Waals surface area contributed by atoms with E-state index in [-0.39, 0.29) is 11.1 Å². The summed E-state index contributed by atoms with van der Waals surface area (Å²) in [6.45, 7) is 1.62. The van der Waals surface area contributed by atoms with Gasteiger partial charge < -0.3 is 20.7 Å². The van der Waals surface area contributed by atoms with Crippen molar-refractivity contribution < 1.29 is 14.3 Å². The fourth-order valence-electron chi connectivity index (χ4n) is 4.32. The van der Waals surface area contributed by atoms with Gasteiger partial charge in [0, 0.05) is 34.8 Å². The number of carbonyl (C=O) groups excluding carboxylic acids is 1. The highest BCUT2D eigenvalue weighted by Gasteiger charge is 2.40. The standard InChI is InChI=1S/C27H26FN7O2/c1-34(2)10-11-35-15-18(14-32-35)23-13-20-24(30-16-31-25(20)33-23)17-8-9-21(22(28)12-17)27(37,26(29)36)19-6-4-3-5-7-19/h3-9,12-16,37H,10-11H2,1-2H3,(H2,29,36)(H,30,31,33). The fourth-order valence-corrected chi connectivity index (χ4v) is 4.32. The number of rotatable bonds is 8. The quantitative estimate of drug-likeness (QED) is 0.301. The molecule has 5 aromatic rings. The van der Waals surface area contributed by atoms with Crippen molar-refractivity contribution in [3.8, 4) is 22.5 Å². The Morgan fingerprint density at radius 3 is 2.62 bits per heavy atom. The average molecular weight is 500 g/mol. The topological polar surface area (TPSA) is 126 Å². The summed E-state index contributed by atoms with van der Waals surface area (Å²) in [5.41, 5.74) is 6.39. The fraction of sp³-hybridized carbons (Fsp3) is 0.185. The second-order valence-corrected chi connectivity index (χ2v) is 9.10. The minimum Gasteiger partial charge on any atom is -0.372 e. The summed E-state index contributed by atoms with van der Waals surface area (Å²) in [4.78, 5) is 26.4. The molecule has 0 aliphatic carbocycles. The molecule has 1 unspecified atom stereocenters. The lowest BCUT2D eigenvalue weighted by atomic mass is 9.84. The molecule has 0 aliphatic rings. The number of aromatic amines is 1. The number of benzene rings is 2. The van der Waals surface area contributed by atoms with Crippen molar-refractivity contribution in [2.45, 2.75) is 12.1 Å². The highest BCUT2D eigenvalue weighted by molar-refractivity contribution is 5.94. The number of halogens is 1. The third kappa shape index (κ3) is 4.48. The predicted octanol–water partition coefficient (Wildman–Crippen LogP) is 2.91. The van der Waals surface area contributed by atoms with Gasteiger partial charge in [-0.2, -0.15) is 5.10 Å². The maximum atomic E-state index is 15.4. The molecule has 10 heteroatoms. The van der Waals surface area contributed by atoms with Crippen LogP contribution in [-0.2, 0) is 16.9 Å². The number of hydrogen-bond acceptors (Lipinski definition) is 6. The van der Waals surface area contributed by atoms with E-state index in [9.17, 15) is 9.90 Å². The van der Waals surface area contributed by atoms with E-state index in [1.165, 1.54) is 30.6 Å². The molecule has 0 saturated heterocycles. The van der Waals surface area contributed by atoms with E-state index in [0.717, 1.165) is 24.3 Å². The van der Waals surface area contributed by atoms with Crippen LogP contribution in [0.2, 0.25) is 0 Å². The molecule has 1 amide bonds. The smallest absolute Gasteiger partial charge is 0.258 e. The summed E-state index contributed by atoms with van der Waals surface area (Å²) in [5.74, 6) is -1.86. The molecule has 5 rings (SSSR count). The highest BCUT2D eigenvalue weighted by atomic mass is 19.1. The first-order chi connectivity index (χ1) is 17.8. The third-order valence-electron chi connectivity index (χ3n) is 6.33. The number of nitrogens with one attached hydrogen (secondary N) is 1. The molecular formula is C27H26FN7O2. The lowest BCUT2D eigenvalue weighted by Crippen LogP contribution is -2.42. The summed E-state index contributed by atoms with van der Waals surface area (Å²) >= 11 is 0. The SMILES string of the molecule is CN(C)CCn1cc(-c2cc3c(-c4ccc(C(O)(C(N)=O)c5ccccc5)c(F)c4)ncnc3[nH]2)cn1. The van der Waals surface area contributed by atoms with Crippen molar-refractivity contribution in [3.63, 3.8) is 0 Å². The monoisotopic (exact) mass is 499 g/mol. The first-order valence-corrected chi connectivity index (χ1v) is 11.7. The van der Waals surface area contributed by atoms with Crippen LogP contribution >= 0.6 is 0 Å². The Balaban J connectivity index is 1.52. The maximum Gasteiger partial charge on any atom is 0.258 e. The molecule has 1 atom stereocenters. The van der Waals surface area contributed by atoms with Crippen molar-refractivity contribution in [1.82, 2.24) is 29.6 Å². The van der Waals surface area contributed by atoms with E-state index >= 15 is 4.39 Å². The van der Waals surface area contributed by atoms with Crippen LogP contribution in [0.1, 0.15) is 11.1 Å². The molecule has 37 heavy (non-hydrogen) atoms. The molecule has 3 heterocycles. The Bertz CT molecular complexity index is 1580. The van der Waals surface area contributed by atoms with Gasteiger partial charge in [-0.15, -0.1) is 0 Å². The van der Waals surface area contributed by atoms with E-state index in [0.29, 0.717) is 22.3 Å². The third-order valence-corrected chi connectivity index (χ3v) is 6.33. The lowest BCUT2D eigenvalue weighted by Gasteiger charge is -2.26. The van der Waals surface area contributed by atoms with Crippen LogP contribution < -0.4 is 5.73 Å². The molecule has 4 N–H and O–H groups in total. The Labute approximate surface area is 212 Å². The van der Waals surface area contributed by atoms with Gasteiger partial charge in [0.1, 0.15) is 17.8 Å². The molecule has 0 bridgehead atoms. The van der Waals surface area contributed by atoms with Gasteiger partial charge in [-0.1, -0.05) is 42.5 Å². The molecule has 9 nitrogen and oxygen atoms in total. The van der Waals surface area contributed by atoms with E-state index < -0.39 is 17.3 Å². The van der Waals surface area contributed by atoms with Crippen LogP contribution in [0.3, 0.4) is 0 Å². The number of nitrogens with two attached hydrogens (primary N) is 1. The van der Waals surface area contributed by atoms with Crippen LogP contribution in [0.15, 0.2) is 73.3 Å². The lowest BCUT2D eigenvalue weighted by molar-refractivity contribution is -0.133. The van der Waals surface area contributed by atoms with E-state index in [4.69, 9.17) is 5.73 Å². The number of fused-ring (bicyclic) bond motifs is 1. The van der Waals surface area contributed by atoms with Crippen LogP contribution in [-0.4, -0.2) is 61.3 Å². The van der Waals surface area contributed by atoms with Gasteiger partial charge in [-0.25, -0.2) is 14.4 Å². The number of likely N-dealkylation sites (N-methyl/N-ethyl adjacent to an activating group) is 1. The molecule has 188 valence electrons. The minimum atomic E-state index is -2.32. The van der Waals surface area contributed by atoms with Crippen LogP contribution in [0.25, 0.3) is 33.5 Å². The van der Waals surface area contributed by atoms with Gasteiger partial charge in [-0.05, 0) is 31.8 Å². The van der Waals surface area contributed by atoms with Crippen molar-refractivity contribution in [1.29, 1.82) is 0 Å². The summed E-state index contributed by atoms with van der Waals surface area (Å²) in [6, 6.07) is 14.1. The number of carbonyl (C=O) groups is 1. The Morgan fingerprint density at radius 1 is 1.14 bits per heavy atom. The van der Waals surface area contributed by atoms with Crippen LogP contribution in [0, 0.1) is 5.82 Å². The summed E-state index contributed by atoms with van der Waals surface area (Å²) in [6.07, 6.45) is 5.12. The maximum absolute atomic E-state index is 15.4. The van der Waals surface area contributed by atoms with Gasteiger partial charge >= 0.3 is 0 Å². The normalized spacial score (nSPS) is 13.2. The second kappa shape index (κ2) is 9.57. The first-order valence-electron chi connectivity index (χ1n) is 11.7. The van der Waals surface area contributed by atoms with Gasteiger partial charge in [0.15, 0.2) is 5.60 Å². The number of aromatic nitrogens is 5. The Morgan fingerprint density at radius 2 is 1.92 bits per heavy atom. The summed E-state index contributed by atoms with van der Waals surface area (Å²) in [5, 5.41) is 16.3. The van der Waals surface area contributed by atoms with Crippen molar-refractivity contribution in [2.75, 3.05) is 20.6 Å². The predicted molar refractivity (Wildman–Crippen MR) is 138 cm³/mol. The number of H-pyrrole nitrogens is 1. The highest BCUT2D eigenvalue weighted by Crippen LogP contribution is 2.35. The van der Waals surface area contributed by atoms with E-state index in [2.05, 4.69) is 25.0 Å². The number of hydrogen-bond donors (Lipinski definition) is 3. The van der Waals surface area contributed by atoms with Gasteiger partial charge in [0.2, 0.25) is 0 Å². The minimum absolute atomic E-state index is 0.181. The van der Waals surface area contributed by atoms with Crippen LogP contribution in [0.4, 0.5) is 4.39 Å². The molecule has 0 radical (unpaired) electrons. The average Bonchev–Trinajstić information content (AvgIpc) is 3.54. The second-order valence-electron chi connectivity index (χ2n) is 9.10. The molecular weight excluding hydrogens is 473 g/mol. The van der Waals surface area contributed by atoms with Gasteiger partial charge in [-0.3, -0.25) is 9.48 Å². The number of amides is 1. The summed E-state index contributed by atoms with van der Waals surface area (Å²) < 4.78 is 17.3. The van der Waals surface area contributed by atoms with Crippen molar-refractivity contribution in [2.24, 2.45) is 5.73 Å². The molecule has 3 aromatic heterocycles. The number of aliphatic hydroxyl groups is 1.